The van der Waals surface area contributed by atoms with Crippen LogP contribution in [0.4, 0.5) is 0 Å². The Labute approximate surface area is 118 Å². The van der Waals surface area contributed by atoms with Gasteiger partial charge in [-0.25, -0.2) is 4.79 Å². The molecule has 0 N–H and O–H groups in total. The average molecular weight is 229 g/mol. The maximum absolute atomic E-state index is 11.6. The molecule has 0 radical (unpaired) electrons. The average Bonchev–Trinajstić information content (AvgIpc) is 2.31. The summed E-state index contributed by atoms with van der Waals surface area (Å²) in [6, 6.07) is 9.11. The van der Waals surface area contributed by atoms with Crippen molar-refractivity contribution in [1.82, 2.24) is 5.06 Å². The van der Waals surface area contributed by atoms with E-state index >= 15 is 0 Å². The standard InChI is InChI=1S/C12H15NO2.Na.H/c14-12(11-7-3-1-4-8-11)15-13-9-5-2-6-10-13;;/h1,3-4,7-8H,2,5-6,9-10H2;;. The van der Waals surface area contributed by atoms with E-state index < -0.39 is 0 Å². The maximum atomic E-state index is 11.6. The Morgan fingerprint density at radius 3 is 2.31 bits per heavy atom. The zero-order valence-electron chi connectivity index (χ0n) is 8.69. The second kappa shape index (κ2) is 7.07. The van der Waals surface area contributed by atoms with E-state index in [1.165, 1.54) is 6.42 Å². The zero-order chi connectivity index (χ0) is 10.5. The van der Waals surface area contributed by atoms with Crippen molar-refractivity contribution in [3.8, 4) is 0 Å². The Hall–Kier alpha value is -0.350. The third-order valence-electron chi connectivity index (χ3n) is 2.54. The number of hydroxylamine groups is 2. The fourth-order valence-electron chi connectivity index (χ4n) is 1.70. The van der Waals surface area contributed by atoms with Crippen molar-refractivity contribution in [1.29, 1.82) is 0 Å². The van der Waals surface area contributed by atoms with Crippen LogP contribution in [0.1, 0.15) is 29.6 Å². The Kier molecular flexibility index (Phi) is 6.06. The van der Waals surface area contributed by atoms with Gasteiger partial charge in [0.25, 0.3) is 0 Å². The molecule has 1 aliphatic heterocycles. The summed E-state index contributed by atoms with van der Waals surface area (Å²) < 4.78 is 0. The predicted molar refractivity (Wildman–Crippen MR) is 64.4 cm³/mol. The van der Waals surface area contributed by atoms with Gasteiger partial charge in [-0.05, 0) is 25.0 Å². The first-order valence-electron chi connectivity index (χ1n) is 5.38. The SMILES string of the molecule is O=C(ON1CCCCC1)c1ccccc1.[NaH]. The van der Waals surface area contributed by atoms with E-state index in [9.17, 15) is 4.79 Å². The van der Waals surface area contributed by atoms with Gasteiger partial charge >= 0.3 is 35.5 Å². The Bertz CT molecular complexity index is 323. The Morgan fingerprint density at radius 2 is 1.69 bits per heavy atom. The van der Waals surface area contributed by atoms with E-state index in [0.717, 1.165) is 25.9 Å². The minimum atomic E-state index is -0.252. The molecule has 0 saturated carbocycles. The molecule has 16 heavy (non-hydrogen) atoms. The minimum absolute atomic E-state index is 0. The summed E-state index contributed by atoms with van der Waals surface area (Å²) in [5, 5.41) is 1.76. The summed E-state index contributed by atoms with van der Waals surface area (Å²) in [6.45, 7) is 1.72. The molecular weight excluding hydrogens is 213 g/mol. The van der Waals surface area contributed by atoms with Gasteiger partial charge in [0.05, 0.1) is 5.56 Å². The molecule has 1 aliphatic rings. The molecule has 1 fully saturated rings. The number of carbonyl (C=O) groups is 1. The van der Waals surface area contributed by atoms with Crippen LogP contribution in [0.2, 0.25) is 0 Å². The summed E-state index contributed by atoms with van der Waals surface area (Å²) in [5.41, 5.74) is 0.614. The number of piperidine rings is 1. The normalized spacial score (nSPS) is 16.2. The van der Waals surface area contributed by atoms with Gasteiger partial charge in [-0.2, -0.15) is 0 Å². The van der Waals surface area contributed by atoms with Crippen LogP contribution >= 0.6 is 0 Å². The van der Waals surface area contributed by atoms with Crippen LogP contribution in [0.5, 0.6) is 0 Å². The number of hydrogen-bond acceptors (Lipinski definition) is 3. The first-order chi connectivity index (χ1) is 7.36. The number of hydrogen-bond donors (Lipinski definition) is 0. The van der Waals surface area contributed by atoms with E-state index in [0.29, 0.717) is 5.56 Å². The second-order valence-corrected chi connectivity index (χ2v) is 3.73. The molecule has 1 saturated heterocycles. The van der Waals surface area contributed by atoms with E-state index in [1.807, 2.05) is 18.2 Å². The van der Waals surface area contributed by atoms with Gasteiger partial charge in [0, 0.05) is 13.1 Å². The Balaban J connectivity index is 0.00000128. The topological polar surface area (TPSA) is 29.5 Å². The van der Waals surface area contributed by atoms with Gasteiger partial charge < -0.3 is 4.84 Å². The van der Waals surface area contributed by atoms with Crippen molar-refractivity contribution in [2.45, 2.75) is 19.3 Å². The summed E-state index contributed by atoms with van der Waals surface area (Å²) in [7, 11) is 0. The monoisotopic (exact) mass is 229 g/mol. The number of carbonyl (C=O) groups excluding carboxylic acids is 1. The molecule has 0 atom stereocenters. The molecule has 0 amide bonds. The molecule has 0 aliphatic carbocycles. The van der Waals surface area contributed by atoms with Crippen LogP contribution in [-0.4, -0.2) is 53.7 Å². The third-order valence-corrected chi connectivity index (χ3v) is 2.54. The quantitative estimate of drug-likeness (QED) is 0.721. The van der Waals surface area contributed by atoms with Crippen molar-refractivity contribution < 1.29 is 9.63 Å². The molecule has 0 bridgehead atoms. The number of nitrogens with zero attached hydrogens (tertiary/aromatic N) is 1. The molecule has 0 spiro atoms. The second-order valence-electron chi connectivity index (χ2n) is 3.73. The summed E-state index contributed by atoms with van der Waals surface area (Å²) in [5.74, 6) is -0.252. The summed E-state index contributed by atoms with van der Waals surface area (Å²) in [6.07, 6.45) is 3.46. The predicted octanol–water partition coefficient (Wildman–Crippen LogP) is 1.60. The number of rotatable bonds is 2. The fourth-order valence-corrected chi connectivity index (χ4v) is 1.70. The van der Waals surface area contributed by atoms with E-state index in [1.54, 1.807) is 17.2 Å². The molecule has 82 valence electrons. The van der Waals surface area contributed by atoms with E-state index in [4.69, 9.17) is 4.84 Å². The molecule has 1 heterocycles. The number of benzene rings is 1. The molecule has 0 aromatic heterocycles. The third kappa shape index (κ3) is 3.91. The van der Waals surface area contributed by atoms with Gasteiger partial charge in [-0.15, -0.1) is 5.06 Å². The Morgan fingerprint density at radius 1 is 1.06 bits per heavy atom. The van der Waals surface area contributed by atoms with Crippen molar-refractivity contribution in [2.24, 2.45) is 0 Å². The molecule has 1 aromatic rings. The molecular formula is C12H16NNaO2. The van der Waals surface area contributed by atoms with E-state index in [-0.39, 0.29) is 35.5 Å². The first-order valence-corrected chi connectivity index (χ1v) is 5.38. The van der Waals surface area contributed by atoms with Crippen LogP contribution < -0.4 is 0 Å². The molecule has 2 rings (SSSR count). The van der Waals surface area contributed by atoms with Crippen molar-refractivity contribution >= 4 is 35.5 Å². The first kappa shape index (κ1) is 13.7. The van der Waals surface area contributed by atoms with Gasteiger partial charge in [-0.1, -0.05) is 24.6 Å². The van der Waals surface area contributed by atoms with Crippen LogP contribution in [0.15, 0.2) is 30.3 Å². The molecule has 0 unspecified atom stereocenters. The van der Waals surface area contributed by atoms with Gasteiger partial charge in [0.15, 0.2) is 0 Å². The van der Waals surface area contributed by atoms with Gasteiger partial charge in [-0.3, -0.25) is 0 Å². The van der Waals surface area contributed by atoms with Crippen LogP contribution in [0.25, 0.3) is 0 Å². The van der Waals surface area contributed by atoms with Gasteiger partial charge in [0.1, 0.15) is 0 Å². The molecule has 4 heteroatoms. The van der Waals surface area contributed by atoms with Crippen LogP contribution in [0, 0.1) is 0 Å². The van der Waals surface area contributed by atoms with E-state index in [2.05, 4.69) is 0 Å². The van der Waals surface area contributed by atoms with Crippen LogP contribution in [0.3, 0.4) is 0 Å². The van der Waals surface area contributed by atoms with Crippen molar-refractivity contribution in [3.05, 3.63) is 35.9 Å². The van der Waals surface area contributed by atoms with Crippen LogP contribution in [-0.2, 0) is 4.84 Å². The summed E-state index contributed by atoms with van der Waals surface area (Å²) >= 11 is 0. The molecule has 3 nitrogen and oxygen atoms in total. The van der Waals surface area contributed by atoms with Crippen molar-refractivity contribution in [2.75, 3.05) is 13.1 Å². The fraction of sp³-hybridized carbons (Fsp3) is 0.417. The van der Waals surface area contributed by atoms with Gasteiger partial charge in [0.2, 0.25) is 0 Å². The zero-order valence-corrected chi connectivity index (χ0v) is 8.69. The summed E-state index contributed by atoms with van der Waals surface area (Å²) in [4.78, 5) is 16.9. The molecule has 1 aromatic carbocycles. The van der Waals surface area contributed by atoms with Crippen molar-refractivity contribution in [3.63, 3.8) is 0 Å².